The van der Waals surface area contributed by atoms with Gasteiger partial charge in [0.25, 0.3) is 0 Å². The topological polar surface area (TPSA) is 49.0 Å². The van der Waals surface area contributed by atoms with Crippen molar-refractivity contribution in [1.29, 1.82) is 0 Å². The van der Waals surface area contributed by atoms with Crippen LogP contribution >= 0.6 is 0 Å². The fourth-order valence-corrected chi connectivity index (χ4v) is 0.978. The van der Waals surface area contributed by atoms with Gasteiger partial charge in [-0.1, -0.05) is 13.8 Å². The molecule has 5 heteroatoms. The van der Waals surface area contributed by atoms with Crippen LogP contribution in [0.3, 0.4) is 0 Å². The summed E-state index contributed by atoms with van der Waals surface area (Å²) in [5.74, 6) is 0. The van der Waals surface area contributed by atoms with Crippen molar-refractivity contribution in [3.8, 4) is 0 Å². The molecule has 0 aliphatic carbocycles. The van der Waals surface area contributed by atoms with E-state index >= 15 is 0 Å². The average Bonchev–Trinajstić information content (AvgIpc) is 2.42. The van der Waals surface area contributed by atoms with Crippen molar-refractivity contribution in [2.24, 2.45) is 0 Å². The maximum atomic E-state index is 5.31. The number of ether oxygens (including phenoxy) is 4. The second kappa shape index (κ2) is 22.0. The maximum absolute atomic E-state index is 5.31. The average molecular weight is 265 g/mol. The summed E-state index contributed by atoms with van der Waals surface area (Å²) in [5.41, 5.74) is 0. The molecule has 0 aromatic rings. The van der Waals surface area contributed by atoms with E-state index in [1.165, 1.54) is 0 Å². The van der Waals surface area contributed by atoms with Crippen LogP contribution in [0.2, 0.25) is 0 Å². The Kier molecular flexibility index (Phi) is 24.6. The van der Waals surface area contributed by atoms with Crippen LogP contribution in [-0.4, -0.2) is 66.4 Å². The first kappa shape index (κ1) is 20.1. The van der Waals surface area contributed by atoms with Crippen LogP contribution < -0.4 is 5.32 Å². The van der Waals surface area contributed by atoms with E-state index in [-0.39, 0.29) is 0 Å². The Hall–Kier alpha value is -0.200. The van der Waals surface area contributed by atoms with E-state index in [1.54, 1.807) is 0 Å². The first-order valence-electron chi connectivity index (χ1n) is 6.87. The van der Waals surface area contributed by atoms with Crippen LogP contribution in [0, 0.1) is 0 Å². The summed E-state index contributed by atoms with van der Waals surface area (Å²) in [6, 6.07) is 0. The minimum Gasteiger partial charge on any atom is -0.379 e. The van der Waals surface area contributed by atoms with E-state index in [2.05, 4.69) is 5.32 Å². The fourth-order valence-electron chi connectivity index (χ4n) is 0.978. The third kappa shape index (κ3) is 21.1. The summed E-state index contributed by atoms with van der Waals surface area (Å²) in [6.45, 7) is 12.1. The normalized spacial score (nSPS) is 10.0. The Bertz CT molecular complexity index is 112. The standard InChI is InChI=1S/C11H25NO4.C2H6/c1-3-13-6-7-15-10-11-16-9-8-14-5-4-12-2;1-2/h12H,3-11H2,1-2H3;1-2H3. The van der Waals surface area contributed by atoms with Gasteiger partial charge in [-0.2, -0.15) is 0 Å². The van der Waals surface area contributed by atoms with Gasteiger partial charge in [-0.15, -0.1) is 0 Å². The number of rotatable bonds is 13. The van der Waals surface area contributed by atoms with Crippen molar-refractivity contribution in [3.63, 3.8) is 0 Å². The number of hydrogen-bond acceptors (Lipinski definition) is 5. The highest BCUT2D eigenvalue weighted by Gasteiger charge is 1.91. The minimum absolute atomic E-state index is 0.613. The van der Waals surface area contributed by atoms with Crippen LogP contribution in [0.4, 0.5) is 0 Å². The van der Waals surface area contributed by atoms with Gasteiger partial charge in [0.1, 0.15) is 0 Å². The highest BCUT2D eigenvalue weighted by atomic mass is 16.6. The van der Waals surface area contributed by atoms with E-state index in [0.29, 0.717) is 39.6 Å². The van der Waals surface area contributed by atoms with Crippen molar-refractivity contribution in [2.75, 3.05) is 66.4 Å². The molecule has 0 spiro atoms. The van der Waals surface area contributed by atoms with Crippen molar-refractivity contribution in [3.05, 3.63) is 0 Å². The lowest BCUT2D eigenvalue weighted by Crippen LogP contribution is -2.17. The van der Waals surface area contributed by atoms with Crippen molar-refractivity contribution >= 4 is 0 Å². The summed E-state index contributed by atoms with van der Waals surface area (Å²) in [5, 5.41) is 3.01. The van der Waals surface area contributed by atoms with Crippen LogP contribution in [-0.2, 0) is 18.9 Å². The molecule has 18 heavy (non-hydrogen) atoms. The SMILES string of the molecule is CC.CCOCCOCCOCCOCCNC. The lowest BCUT2D eigenvalue weighted by atomic mass is 10.6. The van der Waals surface area contributed by atoms with Crippen molar-refractivity contribution in [1.82, 2.24) is 5.32 Å². The molecule has 0 unspecified atom stereocenters. The number of hydrogen-bond donors (Lipinski definition) is 1. The minimum atomic E-state index is 0.613. The number of likely N-dealkylation sites (N-methyl/N-ethyl adjacent to an activating group) is 1. The molecule has 0 amide bonds. The van der Waals surface area contributed by atoms with Gasteiger partial charge in [0.15, 0.2) is 0 Å². The molecule has 1 N–H and O–H groups in total. The molecule has 0 heterocycles. The number of nitrogens with one attached hydrogen (secondary N) is 1. The first-order valence-corrected chi connectivity index (χ1v) is 6.87. The Morgan fingerprint density at radius 1 is 0.667 bits per heavy atom. The van der Waals surface area contributed by atoms with Gasteiger partial charge in [0, 0.05) is 13.2 Å². The van der Waals surface area contributed by atoms with Gasteiger partial charge in [0.2, 0.25) is 0 Å². The van der Waals surface area contributed by atoms with Crippen LogP contribution in [0.5, 0.6) is 0 Å². The summed E-state index contributed by atoms with van der Waals surface area (Å²) < 4.78 is 21.0. The second-order valence-corrected chi connectivity index (χ2v) is 3.14. The molecule has 0 aromatic heterocycles. The Labute approximate surface area is 112 Å². The maximum Gasteiger partial charge on any atom is 0.0701 e. The smallest absolute Gasteiger partial charge is 0.0701 e. The van der Waals surface area contributed by atoms with E-state index in [4.69, 9.17) is 18.9 Å². The van der Waals surface area contributed by atoms with E-state index in [9.17, 15) is 0 Å². The third-order valence-corrected chi connectivity index (χ3v) is 1.82. The van der Waals surface area contributed by atoms with Gasteiger partial charge in [0.05, 0.1) is 46.2 Å². The van der Waals surface area contributed by atoms with Gasteiger partial charge in [-0.05, 0) is 14.0 Å². The Morgan fingerprint density at radius 2 is 1.06 bits per heavy atom. The van der Waals surface area contributed by atoms with Gasteiger partial charge >= 0.3 is 0 Å². The molecular weight excluding hydrogens is 234 g/mol. The second-order valence-electron chi connectivity index (χ2n) is 3.14. The molecular formula is C13H31NO4. The molecule has 112 valence electrons. The van der Waals surface area contributed by atoms with E-state index in [1.807, 2.05) is 27.8 Å². The highest BCUT2D eigenvalue weighted by Crippen LogP contribution is 1.82. The summed E-state index contributed by atoms with van der Waals surface area (Å²) >= 11 is 0. The Morgan fingerprint density at radius 3 is 1.44 bits per heavy atom. The molecule has 0 aromatic carbocycles. The molecule has 0 aliphatic heterocycles. The molecule has 0 radical (unpaired) electrons. The molecule has 0 bridgehead atoms. The third-order valence-electron chi connectivity index (χ3n) is 1.82. The summed E-state index contributed by atoms with van der Waals surface area (Å²) in [4.78, 5) is 0. The van der Waals surface area contributed by atoms with Crippen LogP contribution in [0.25, 0.3) is 0 Å². The zero-order chi connectivity index (χ0) is 13.9. The largest absolute Gasteiger partial charge is 0.379 e. The van der Waals surface area contributed by atoms with Gasteiger partial charge in [-0.25, -0.2) is 0 Å². The predicted molar refractivity (Wildman–Crippen MR) is 74.2 cm³/mol. The van der Waals surface area contributed by atoms with Crippen LogP contribution in [0.15, 0.2) is 0 Å². The lowest BCUT2D eigenvalue weighted by molar-refractivity contribution is 0.00000181. The van der Waals surface area contributed by atoms with Crippen molar-refractivity contribution < 1.29 is 18.9 Å². The molecule has 5 nitrogen and oxygen atoms in total. The van der Waals surface area contributed by atoms with Crippen LogP contribution in [0.1, 0.15) is 20.8 Å². The fraction of sp³-hybridized carbons (Fsp3) is 1.00. The van der Waals surface area contributed by atoms with Gasteiger partial charge < -0.3 is 24.3 Å². The molecule has 0 saturated heterocycles. The predicted octanol–water partition coefficient (Wildman–Crippen LogP) is 1.32. The molecule has 0 saturated carbocycles. The first-order chi connectivity index (χ1) is 8.91. The van der Waals surface area contributed by atoms with Crippen molar-refractivity contribution in [2.45, 2.75) is 20.8 Å². The highest BCUT2D eigenvalue weighted by molar-refractivity contribution is 4.37. The monoisotopic (exact) mass is 265 g/mol. The quantitative estimate of drug-likeness (QED) is 0.509. The summed E-state index contributed by atoms with van der Waals surface area (Å²) in [7, 11) is 1.90. The summed E-state index contributed by atoms with van der Waals surface area (Å²) in [6.07, 6.45) is 0. The molecule has 0 fully saturated rings. The zero-order valence-electron chi connectivity index (χ0n) is 12.5. The van der Waals surface area contributed by atoms with Gasteiger partial charge in [-0.3, -0.25) is 0 Å². The molecule has 0 aliphatic rings. The van der Waals surface area contributed by atoms with E-state index in [0.717, 1.165) is 19.8 Å². The van der Waals surface area contributed by atoms with E-state index < -0.39 is 0 Å². The Balaban J connectivity index is 0. The lowest BCUT2D eigenvalue weighted by Gasteiger charge is -2.06. The molecule has 0 rings (SSSR count). The molecule has 0 atom stereocenters. The zero-order valence-corrected chi connectivity index (χ0v) is 12.5.